The third-order valence-corrected chi connectivity index (χ3v) is 9.56. The van der Waals surface area contributed by atoms with E-state index in [9.17, 15) is 0 Å². The summed E-state index contributed by atoms with van der Waals surface area (Å²) >= 11 is 0. The van der Waals surface area contributed by atoms with E-state index in [0.29, 0.717) is 0 Å². The van der Waals surface area contributed by atoms with Crippen molar-refractivity contribution in [2.75, 3.05) is 7.05 Å². The highest BCUT2D eigenvalue weighted by atomic mass is 15.1. The number of fused-ring (bicyclic) bond motifs is 6. The molecule has 0 saturated carbocycles. The lowest BCUT2D eigenvalue weighted by molar-refractivity contribution is 0.381. The van der Waals surface area contributed by atoms with Crippen LogP contribution in [0.5, 0.6) is 0 Å². The third kappa shape index (κ3) is 5.16. The topological polar surface area (TPSA) is 26.0 Å². The van der Waals surface area contributed by atoms with Crippen molar-refractivity contribution >= 4 is 61.8 Å². The van der Waals surface area contributed by atoms with Crippen LogP contribution in [-0.2, 0) is 13.1 Å². The van der Waals surface area contributed by atoms with Gasteiger partial charge in [-0.15, -0.1) is 0 Å². The first-order chi connectivity index (χ1) is 23.1. The summed E-state index contributed by atoms with van der Waals surface area (Å²) in [4.78, 5) is 7.02. The van der Waals surface area contributed by atoms with E-state index >= 15 is 0 Å². The van der Waals surface area contributed by atoms with Crippen molar-refractivity contribution in [3.05, 3.63) is 156 Å². The first-order valence-electron chi connectivity index (χ1n) is 16.6. The number of nitrogens with zero attached hydrogens (tertiary/aromatic N) is 4. The maximum Gasteiger partial charge on any atom is 0.0897 e. The molecule has 0 aliphatic carbocycles. The molecule has 0 saturated heterocycles. The van der Waals surface area contributed by atoms with E-state index < -0.39 is 0 Å². The maximum absolute atomic E-state index is 4.80. The van der Waals surface area contributed by atoms with Crippen LogP contribution < -0.4 is 0 Å². The van der Waals surface area contributed by atoms with Gasteiger partial charge < -0.3 is 14.0 Å². The smallest absolute Gasteiger partial charge is 0.0897 e. The molecule has 7 aromatic rings. The summed E-state index contributed by atoms with van der Waals surface area (Å²) in [6, 6.07) is 35.3. The van der Waals surface area contributed by atoms with Gasteiger partial charge in [-0.25, -0.2) is 0 Å². The Kier molecular flexibility index (Phi) is 7.34. The molecule has 4 nitrogen and oxygen atoms in total. The van der Waals surface area contributed by atoms with Crippen LogP contribution in [0.4, 0.5) is 0 Å². The second-order valence-electron chi connectivity index (χ2n) is 12.3. The van der Waals surface area contributed by atoms with Crippen LogP contribution in [0.3, 0.4) is 0 Å². The molecule has 1 unspecified atom stereocenters. The van der Waals surface area contributed by atoms with Crippen molar-refractivity contribution in [2.45, 2.75) is 33.0 Å². The summed E-state index contributed by atoms with van der Waals surface area (Å²) in [6.07, 6.45) is 17.4. The Morgan fingerprint density at radius 2 is 1.13 bits per heavy atom. The first-order valence-corrected chi connectivity index (χ1v) is 16.6. The van der Waals surface area contributed by atoms with Crippen LogP contribution in [0.1, 0.15) is 42.3 Å². The van der Waals surface area contributed by atoms with Gasteiger partial charge in [-0.05, 0) is 96.8 Å². The van der Waals surface area contributed by atoms with Crippen molar-refractivity contribution in [1.82, 2.24) is 19.0 Å². The van der Waals surface area contributed by atoms with Crippen LogP contribution in [0.2, 0.25) is 0 Å². The average molecular weight is 611 g/mol. The van der Waals surface area contributed by atoms with E-state index in [2.05, 4.69) is 175 Å². The summed E-state index contributed by atoms with van der Waals surface area (Å²) in [6.45, 7) is 6.33. The number of pyridine rings is 1. The van der Waals surface area contributed by atoms with E-state index in [1.807, 2.05) is 6.20 Å². The first kappa shape index (κ1) is 28.8. The molecular formula is C43H38N4. The van der Waals surface area contributed by atoms with Crippen LogP contribution >= 0.6 is 0 Å². The van der Waals surface area contributed by atoms with Crippen molar-refractivity contribution in [1.29, 1.82) is 0 Å². The van der Waals surface area contributed by atoms with Crippen LogP contribution in [0, 0.1) is 0 Å². The second kappa shape index (κ2) is 12.0. The zero-order chi connectivity index (χ0) is 31.9. The van der Waals surface area contributed by atoms with E-state index in [1.54, 1.807) is 0 Å². The highest BCUT2D eigenvalue weighted by Gasteiger charge is 2.17. The molecule has 4 aromatic carbocycles. The molecule has 4 heteroatoms. The van der Waals surface area contributed by atoms with Crippen LogP contribution in [0.25, 0.3) is 61.8 Å². The predicted octanol–water partition coefficient (Wildman–Crippen LogP) is 10.6. The Balaban J connectivity index is 1.05. The molecule has 1 aliphatic heterocycles. The molecule has 0 radical (unpaired) electrons. The van der Waals surface area contributed by atoms with Gasteiger partial charge in [0.2, 0.25) is 0 Å². The number of benzene rings is 4. The lowest BCUT2D eigenvalue weighted by Crippen LogP contribution is -2.21. The summed E-state index contributed by atoms with van der Waals surface area (Å²) in [5, 5.41) is 5.22. The van der Waals surface area contributed by atoms with Gasteiger partial charge in [0.1, 0.15) is 0 Å². The van der Waals surface area contributed by atoms with Gasteiger partial charge in [0.25, 0.3) is 0 Å². The van der Waals surface area contributed by atoms with E-state index in [1.165, 1.54) is 60.3 Å². The van der Waals surface area contributed by atoms with Gasteiger partial charge >= 0.3 is 0 Å². The second-order valence-corrected chi connectivity index (χ2v) is 12.3. The molecule has 230 valence electrons. The molecule has 4 heterocycles. The quantitative estimate of drug-likeness (QED) is 0.179. The van der Waals surface area contributed by atoms with Gasteiger partial charge in [0.05, 0.1) is 11.7 Å². The number of para-hydroxylation sites is 2. The normalized spacial score (nSPS) is 15.3. The number of hydrogen-bond acceptors (Lipinski definition) is 2. The lowest BCUT2D eigenvalue weighted by Gasteiger charge is -2.27. The van der Waals surface area contributed by atoms with E-state index in [4.69, 9.17) is 4.98 Å². The third-order valence-electron chi connectivity index (χ3n) is 9.56. The van der Waals surface area contributed by atoms with Gasteiger partial charge in [-0.2, -0.15) is 0 Å². The molecule has 0 N–H and O–H groups in total. The SMILES string of the molecule is CCn1c2ccccc2c2cc(C=CC3=CC(c4cc(C=Cc5ccc6c(c5)c5ccccc5n6CC)ccn4)N(C)C=C3)ccc21. The summed E-state index contributed by atoms with van der Waals surface area (Å²) in [5.74, 6) is 0. The molecular weight excluding hydrogens is 573 g/mol. The minimum atomic E-state index is 0.0505. The molecule has 0 bridgehead atoms. The molecule has 0 fully saturated rings. The van der Waals surface area contributed by atoms with Crippen LogP contribution in [-0.4, -0.2) is 26.1 Å². The Morgan fingerprint density at radius 1 is 0.596 bits per heavy atom. The van der Waals surface area contributed by atoms with Gasteiger partial charge in [0.15, 0.2) is 0 Å². The average Bonchev–Trinajstić information content (AvgIpc) is 3.61. The highest BCUT2D eigenvalue weighted by molar-refractivity contribution is 6.09. The number of aryl methyl sites for hydroxylation is 2. The number of likely N-dealkylation sites (N-methyl/N-ethyl adjacent to an activating group) is 1. The number of rotatable bonds is 7. The standard InChI is InChI=1S/C43H38N4/c1-4-46-39-12-8-6-10-34(39)36-26-30(18-20-41(36)46)14-16-32-22-24-44-38(28-32)43-29-33(23-25-45(43)3)17-15-31-19-21-42-37(27-31)35-11-7-9-13-40(35)47(42)5-2/h6-29,43H,4-5H2,1-3H3. The fraction of sp³-hybridized carbons (Fsp3) is 0.140. The van der Waals surface area contributed by atoms with Gasteiger partial charge in [-0.1, -0.05) is 72.8 Å². The Labute approximate surface area is 275 Å². The fourth-order valence-electron chi connectivity index (χ4n) is 7.20. The summed E-state index contributed by atoms with van der Waals surface area (Å²) in [7, 11) is 2.11. The monoisotopic (exact) mass is 610 g/mol. The number of aromatic nitrogens is 3. The van der Waals surface area contributed by atoms with Crippen molar-refractivity contribution in [2.24, 2.45) is 0 Å². The zero-order valence-electron chi connectivity index (χ0n) is 27.1. The number of allylic oxidation sites excluding steroid dienone is 3. The molecule has 1 atom stereocenters. The molecule has 3 aromatic heterocycles. The Bertz CT molecular complexity index is 2410. The largest absolute Gasteiger partial charge is 0.368 e. The Morgan fingerprint density at radius 3 is 1.72 bits per heavy atom. The van der Waals surface area contributed by atoms with Crippen molar-refractivity contribution in [3.8, 4) is 0 Å². The van der Waals surface area contributed by atoms with Crippen LogP contribution in [0.15, 0.2) is 133 Å². The minimum Gasteiger partial charge on any atom is -0.368 e. The molecule has 47 heavy (non-hydrogen) atoms. The van der Waals surface area contributed by atoms with Gasteiger partial charge in [-0.3, -0.25) is 4.98 Å². The van der Waals surface area contributed by atoms with Crippen molar-refractivity contribution < 1.29 is 0 Å². The van der Waals surface area contributed by atoms with E-state index in [-0.39, 0.29) is 6.04 Å². The molecule has 0 spiro atoms. The fourth-order valence-corrected chi connectivity index (χ4v) is 7.20. The Hall–Kier alpha value is -5.61. The van der Waals surface area contributed by atoms with E-state index in [0.717, 1.165) is 24.3 Å². The lowest BCUT2D eigenvalue weighted by atomic mass is 10.0. The van der Waals surface area contributed by atoms with Crippen molar-refractivity contribution in [3.63, 3.8) is 0 Å². The summed E-state index contributed by atoms with van der Waals surface area (Å²) < 4.78 is 4.79. The maximum atomic E-state index is 4.80. The zero-order valence-corrected chi connectivity index (χ0v) is 27.1. The minimum absolute atomic E-state index is 0.0505. The molecule has 0 amide bonds. The highest BCUT2D eigenvalue weighted by Crippen LogP contribution is 2.32. The van der Waals surface area contributed by atoms with Gasteiger partial charge in [0, 0.05) is 76.1 Å². The number of hydrogen-bond donors (Lipinski definition) is 0. The molecule has 8 rings (SSSR count). The predicted molar refractivity (Wildman–Crippen MR) is 200 cm³/mol. The summed E-state index contributed by atoms with van der Waals surface area (Å²) in [5.41, 5.74) is 10.9. The molecule has 1 aliphatic rings.